The van der Waals surface area contributed by atoms with Crippen molar-refractivity contribution in [2.75, 3.05) is 36.4 Å². The van der Waals surface area contributed by atoms with Crippen molar-refractivity contribution >= 4 is 29.5 Å². The molecule has 2 aliphatic heterocycles. The van der Waals surface area contributed by atoms with Crippen molar-refractivity contribution in [3.8, 4) is 0 Å². The van der Waals surface area contributed by atoms with Crippen LogP contribution in [0.4, 0.5) is 11.8 Å². The molecule has 9 nitrogen and oxygen atoms in total. The molecule has 9 heteroatoms. The molecule has 5 rings (SSSR count). The van der Waals surface area contributed by atoms with Crippen LogP contribution in [0.5, 0.6) is 0 Å². The van der Waals surface area contributed by atoms with Crippen molar-refractivity contribution < 1.29 is 14.4 Å². The van der Waals surface area contributed by atoms with E-state index in [-0.39, 0.29) is 5.91 Å². The lowest BCUT2D eigenvalue weighted by atomic mass is 9.96. The van der Waals surface area contributed by atoms with E-state index >= 15 is 0 Å². The normalized spacial score (nSPS) is 19.7. The van der Waals surface area contributed by atoms with Gasteiger partial charge in [0.15, 0.2) is 0 Å². The molecule has 1 unspecified atom stereocenters. The summed E-state index contributed by atoms with van der Waals surface area (Å²) >= 11 is 0. The molecule has 1 saturated heterocycles. The van der Waals surface area contributed by atoms with Gasteiger partial charge in [-0.15, -0.1) is 0 Å². The van der Waals surface area contributed by atoms with Gasteiger partial charge in [0.05, 0.1) is 11.1 Å². The van der Waals surface area contributed by atoms with Gasteiger partial charge >= 0.3 is 0 Å². The number of nitrogens with zero attached hydrogens (tertiary/aromatic N) is 5. The lowest BCUT2D eigenvalue weighted by Crippen LogP contribution is -2.55. The molecule has 0 bridgehead atoms. The summed E-state index contributed by atoms with van der Waals surface area (Å²) in [4.78, 5) is 53.1. The second-order valence-electron chi connectivity index (χ2n) is 9.68. The topological polar surface area (TPSA) is 98.7 Å². The Balaban J connectivity index is 1.22. The summed E-state index contributed by atoms with van der Waals surface area (Å²) in [5, 5.41) is 3.51. The molecule has 1 N–H and O–H groups in total. The fourth-order valence-corrected chi connectivity index (χ4v) is 5.30. The zero-order valence-electron chi connectivity index (χ0n) is 20.4. The molecule has 2 aromatic rings. The Morgan fingerprint density at radius 2 is 1.60 bits per heavy atom. The fraction of sp³-hybridized carbons (Fsp3) is 0.500. The standard InChI is InChI=1S/C26H32N6O3/c1-17-16-22(29-26(27-17)28-19-8-4-3-5-9-19)30-12-14-31(15-13-30)23(33)18(2)32-24(34)20-10-6-7-11-21(20)25(32)35/h6-7,10-11,16,18-19H,3-5,8-9,12-15H2,1-2H3,(H,27,28,29). The Hall–Kier alpha value is -3.49. The minimum Gasteiger partial charge on any atom is -0.353 e. The number of fused-ring (bicyclic) bond motifs is 1. The molecule has 1 saturated carbocycles. The smallest absolute Gasteiger partial charge is 0.262 e. The largest absolute Gasteiger partial charge is 0.353 e. The zero-order chi connectivity index (χ0) is 24.5. The highest BCUT2D eigenvalue weighted by Crippen LogP contribution is 2.26. The fourth-order valence-electron chi connectivity index (χ4n) is 5.30. The van der Waals surface area contributed by atoms with E-state index in [1.165, 1.54) is 19.3 Å². The molecule has 1 aromatic carbocycles. The number of hydrogen-bond donors (Lipinski definition) is 1. The monoisotopic (exact) mass is 476 g/mol. The average Bonchev–Trinajstić information content (AvgIpc) is 3.13. The van der Waals surface area contributed by atoms with Crippen LogP contribution in [0, 0.1) is 6.92 Å². The third-order valence-electron chi connectivity index (χ3n) is 7.26. The number of aryl methyl sites for hydroxylation is 1. The Labute approximate surface area is 205 Å². The Bertz CT molecular complexity index is 1100. The van der Waals surface area contributed by atoms with Gasteiger partial charge in [-0.05, 0) is 38.8 Å². The zero-order valence-corrected chi connectivity index (χ0v) is 20.4. The number of nitrogens with one attached hydrogen (secondary N) is 1. The van der Waals surface area contributed by atoms with Crippen molar-refractivity contribution in [3.05, 3.63) is 47.2 Å². The number of carbonyl (C=O) groups is 3. The molecule has 0 radical (unpaired) electrons. The summed E-state index contributed by atoms with van der Waals surface area (Å²) in [5.41, 5.74) is 1.63. The van der Waals surface area contributed by atoms with Crippen molar-refractivity contribution in [3.63, 3.8) is 0 Å². The number of hydrogen-bond acceptors (Lipinski definition) is 7. The van der Waals surface area contributed by atoms with Crippen molar-refractivity contribution in [2.24, 2.45) is 0 Å². The highest BCUT2D eigenvalue weighted by molar-refractivity contribution is 6.22. The summed E-state index contributed by atoms with van der Waals surface area (Å²) in [5.74, 6) is 0.512. The van der Waals surface area contributed by atoms with Gasteiger partial charge < -0.3 is 15.1 Å². The molecule has 1 atom stereocenters. The van der Waals surface area contributed by atoms with E-state index < -0.39 is 17.9 Å². The molecule has 35 heavy (non-hydrogen) atoms. The van der Waals surface area contributed by atoms with Gasteiger partial charge in [0, 0.05) is 44.0 Å². The minimum absolute atomic E-state index is 0.210. The molecule has 3 heterocycles. The molecule has 1 aromatic heterocycles. The van der Waals surface area contributed by atoms with Crippen LogP contribution in [0.1, 0.15) is 65.4 Å². The number of anilines is 2. The van der Waals surface area contributed by atoms with E-state index in [2.05, 4.69) is 15.2 Å². The van der Waals surface area contributed by atoms with E-state index in [0.29, 0.717) is 49.3 Å². The number of aromatic nitrogens is 2. The SMILES string of the molecule is Cc1cc(N2CCN(C(=O)C(C)N3C(=O)c4ccccc4C3=O)CC2)nc(NC2CCCCC2)n1. The summed E-state index contributed by atoms with van der Waals surface area (Å²) in [6, 6.07) is 8.27. The Morgan fingerprint density at radius 1 is 0.971 bits per heavy atom. The lowest BCUT2D eigenvalue weighted by Gasteiger charge is -2.37. The van der Waals surface area contributed by atoms with Crippen LogP contribution in [-0.4, -0.2) is 75.8 Å². The van der Waals surface area contributed by atoms with E-state index in [0.717, 1.165) is 29.3 Å². The molecule has 3 amide bonds. The number of amides is 3. The van der Waals surface area contributed by atoms with Crippen LogP contribution in [0.3, 0.4) is 0 Å². The van der Waals surface area contributed by atoms with E-state index in [1.54, 1.807) is 36.1 Å². The third-order valence-corrected chi connectivity index (χ3v) is 7.26. The highest BCUT2D eigenvalue weighted by atomic mass is 16.2. The van der Waals surface area contributed by atoms with Gasteiger partial charge in [-0.2, -0.15) is 4.98 Å². The maximum atomic E-state index is 13.2. The summed E-state index contributed by atoms with van der Waals surface area (Å²) < 4.78 is 0. The van der Waals surface area contributed by atoms with Gasteiger partial charge in [0.2, 0.25) is 11.9 Å². The van der Waals surface area contributed by atoms with Gasteiger partial charge in [-0.1, -0.05) is 31.4 Å². The number of imide groups is 1. The molecule has 3 aliphatic rings. The first kappa shape index (κ1) is 23.3. The van der Waals surface area contributed by atoms with Crippen LogP contribution >= 0.6 is 0 Å². The Kier molecular flexibility index (Phi) is 6.40. The van der Waals surface area contributed by atoms with Crippen molar-refractivity contribution in [1.82, 2.24) is 19.8 Å². The average molecular weight is 477 g/mol. The highest BCUT2D eigenvalue weighted by Gasteiger charge is 2.42. The minimum atomic E-state index is -0.846. The number of benzene rings is 1. The first-order valence-electron chi connectivity index (χ1n) is 12.6. The maximum absolute atomic E-state index is 13.2. The molecule has 1 aliphatic carbocycles. The maximum Gasteiger partial charge on any atom is 0.262 e. The van der Waals surface area contributed by atoms with Crippen LogP contribution < -0.4 is 10.2 Å². The summed E-state index contributed by atoms with van der Waals surface area (Å²) in [6.07, 6.45) is 6.08. The van der Waals surface area contributed by atoms with E-state index in [9.17, 15) is 14.4 Å². The van der Waals surface area contributed by atoms with Gasteiger partial charge in [-0.25, -0.2) is 4.98 Å². The molecule has 184 valence electrons. The molecular formula is C26H32N6O3. The van der Waals surface area contributed by atoms with Gasteiger partial charge in [0.25, 0.3) is 11.8 Å². The number of rotatable bonds is 5. The summed E-state index contributed by atoms with van der Waals surface area (Å²) in [6.45, 7) is 5.86. The number of carbonyl (C=O) groups excluding carboxylic acids is 3. The van der Waals surface area contributed by atoms with Crippen LogP contribution in [0.15, 0.2) is 30.3 Å². The first-order chi connectivity index (χ1) is 16.9. The number of piperazine rings is 1. The van der Waals surface area contributed by atoms with Crippen molar-refractivity contribution in [1.29, 1.82) is 0 Å². The summed E-state index contributed by atoms with van der Waals surface area (Å²) in [7, 11) is 0. The lowest BCUT2D eigenvalue weighted by molar-refractivity contribution is -0.135. The van der Waals surface area contributed by atoms with Gasteiger partial charge in [-0.3, -0.25) is 19.3 Å². The molecule has 0 spiro atoms. The van der Waals surface area contributed by atoms with Crippen molar-refractivity contribution in [2.45, 2.75) is 58.0 Å². The second kappa shape index (κ2) is 9.64. The van der Waals surface area contributed by atoms with Crippen LogP contribution in [-0.2, 0) is 4.79 Å². The predicted molar refractivity (Wildman–Crippen MR) is 132 cm³/mol. The van der Waals surface area contributed by atoms with Crippen LogP contribution in [0.25, 0.3) is 0 Å². The Morgan fingerprint density at radius 3 is 2.23 bits per heavy atom. The predicted octanol–water partition coefficient (Wildman–Crippen LogP) is 2.86. The second-order valence-corrected chi connectivity index (χ2v) is 9.68. The molecule has 2 fully saturated rings. The van der Waals surface area contributed by atoms with E-state index in [4.69, 9.17) is 4.98 Å². The molecular weight excluding hydrogens is 444 g/mol. The first-order valence-corrected chi connectivity index (χ1v) is 12.6. The quantitative estimate of drug-likeness (QED) is 0.663. The van der Waals surface area contributed by atoms with Gasteiger partial charge in [0.1, 0.15) is 11.9 Å². The third kappa shape index (κ3) is 4.59. The van der Waals surface area contributed by atoms with Crippen LogP contribution in [0.2, 0.25) is 0 Å². The van der Waals surface area contributed by atoms with E-state index in [1.807, 2.05) is 13.0 Å².